The fourth-order valence-electron chi connectivity index (χ4n) is 4.33. The lowest BCUT2D eigenvalue weighted by molar-refractivity contribution is -0.237. The van der Waals surface area contributed by atoms with E-state index in [9.17, 15) is 19.2 Å². The molecule has 1 aromatic heterocycles. The van der Waals surface area contributed by atoms with Gasteiger partial charge in [-0.2, -0.15) is 0 Å². The van der Waals surface area contributed by atoms with Crippen LogP contribution in [0.2, 0.25) is 0 Å². The van der Waals surface area contributed by atoms with Gasteiger partial charge in [0, 0.05) is 43.4 Å². The predicted octanol–water partition coefficient (Wildman–Crippen LogP) is 3.87. The van der Waals surface area contributed by atoms with Gasteiger partial charge in [0.15, 0.2) is 34.7 Å². The van der Waals surface area contributed by atoms with Crippen molar-refractivity contribution < 1.29 is 42.9 Å². The maximum atomic E-state index is 12.2. The summed E-state index contributed by atoms with van der Waals surface area (Å²) in [6, 6.07) is 16.9. The molecule has 14 heteroatoms. The molecule has 0 unspecified atom stereocenters. The fraction of sp³-hybridized carbons (Fsp3) is 0.357. The Labute approximate surface area is 254 Å². The summed E-state index contributed by atoms with van der Waals surface area (Å²) in [6.45, 7) is 4.42. The van der Waals surface area contributed by atoms with E-state index in [0.717, 1.165) is 27.5 Å². The monoisotopic (exact) mass is 661 g/mol. The van der Waals surface area contributed by atoms with E-state index >= 15 is 0 Å². The normalized spacial score (nSPS) is 21.7. The Morgan fingerprint density at radius 2 is 1.40 bits per heavy atom. The van der Waals surface area contributed by atoms with Crippen LogP contribution in [-0.2, 0) is 42.9 Å². The Kier molecular flexibility index (Phi) is 10.4. The molecule has 1 saturated heterocycles. The molecule has 42 heavy (non-hydrogen) atoms. The summed E-state index contributed by atoms with van der Waals surface area (Å²) in [5, 5.41) is 9.21. The van der Waals surface area contributed by atoms with Gasteiger partial charge < -0.3 is 23.7 Å². The minimum absolute atomic E-state index is 0.330. The van der Waals surface area contributed by atoms with Crippen LogP contribution in [-0.4, -0.2) is 75.1 Å². The average Bonchev–Trinajstić information content (AvgIpc) is 3.34. The summed E-state index contributed by atoms with van der Waals surface area (Å²) < 4.78 is 30.7. The van der Waals surface area contributed by atoms with Gasteiger partial charge in [-0.25, -0.2) is 0 Å². The lowest BCUT2D eigenvalue weighted by atomic mass is 9.99. The number of aromatic nitrogens is 3. The zero-order valence-corrected chi connectivity index (χ0v) is 25.5. The van der Waals surface area contributed by atoms with Crippen LogP contribution >= 0.6 is 27.7 Å². The summed E-state index contributed by atoms with van der Waals surface area (Å²) in [7, 11) is 0. The lowest BCUT2D eigenvalue weighted by Crippen LogP contribution is -2.61. The zero-order valence-electron chi connectivity index (χ0n) is 23.1. The van der Waals surface area contributed by atoms with Crippen molar-refractivity contribution in [3.8, 4) is 17.1 Å². The van der Waals surface area contributed by atoms with Crippen molar-refractivity contribution in [2.75, 3.05) is 6.61 Å². The van der Waals surface area contributed by atoms with Gasteiger partial charge in [0.25, 0.3) is 0 Å². The van der Waals surface area contributed by atoms with Crippen molar-refractivity contribution >= 4 is 51.6 Å². The van der Waals surface area contributed by atoms with E-state index in [0.29, 0.717) is 11.0 Å². The van der Waals surface area contributed by atoms with E-state index in [1.807, 2.05) is 54.6 Å². The number of carbonyl (C=O) groups excluding carboxylic acids is 4. The summed E-state index contributed by atoms with van der Waals surface area (Å²) in [6.07, 6.45) is -4.87. The highest BCUT2D eigenvalue weighted by Crippen LogP contribution is 2.39. The Balaban J connectivity index is 1.80. The van der Waals surface area contributed by atoms with Crippen molar-refractivity contribution in [1.29, 1.82) is 0 Å². The summed E-state index contributed by atoms with van der Waals surface area (Å²) >= 11 is 4.51. The second-order valence-corrected chi connectivity index (χ2v) is 11.2. The largest absolute Gasteiger partial charge is 0.463 e. The molecule has 12 nitrogen and oxygen atoms in total. The first-order valence-corrected chi connectivity index (χ1v) is 14.4. The van der Waals surface area contributed by atoms with Gasteiger partial charge in [0.1, 0.15) is 12.7 Å². The molecule has 2 aromatic carbocycles. The van der Waals surface area contributed by atoms with Gasteiger partial charge in [-0.3, -0.25) is 23.7 Å². The minimum Gasteiger partial charge on any atom is -0.463 e. The second-order valence-electron chi connectivity index (χ2n) is 9.17. The molecule has 0 amide bonds. The maximum absolute atomic E-state index is 12.2. The molecule has 0 N–H and O–H groups in total. The molecule has 0 bridgehead atoms. The molecule has 0 saturated carbocycles. The van der Waals surface area contributed by atoms with Gasteiger partial charge in [-0.1, -0.05) is 46.3 Å². The van der Waals surface area contributed by atoms with E-state index < -0.39 is 53.7 Å². The van der Waals surface area contributed by atoms with Crippen molar-refractivity contribution in [1.82, 2.24) is 14.8 Å². The van der Waals surface area contributed by atoms with E-state index in [2.05, 4.69) is 26.1 Å². The van der Waals surface area contributed by atoms with Crippen LogP contribution in [0.25, 0.3) is 17.1 Å². The quantitative estimate of drug-likeness (QED) is 0.242. The molecule has 3 aromatic rings. The third-order valence-corrected chi connectivity index (χ3v) is 7.54. The van der Waals surface area contributed by atoms with Crippen LogP contribution < -0.4 is 0 Å². The van der Waals surface area contributed by atoms with Crippen molar-refractivity contribution in [2.24, 2.45) is 0 Å². The molecule has 0 radical (unpaired) electrons. The van der Waals surface area contributed by atoms with E-state index in [1.54, 1.807) is 4.57 Å². The van der Waals surface area contributed by atoms with E-state index in [1.165, 1.54) is 27.7 Å². The molecule has 5 atom stereocenters. The summed E-state index contributed by atoms with van der Waals surface area (Å²) in [5.41, 5.74) is 0.462. The number of rotatable bonds is 9. The highest BCUT2D eigenvalue weighted by molar-refractivity contribution is 9.10. The smallest absolute Gasteiger partial charge is 0.303 e. The number of hydrogen-bond donors (Lipinski definition) is 0. The van der Waals surface area contributed by atoms with Crippen LogP contribution in [0.15, 0.2) is 64.2 Å². The number of hydrogen-bond acceptors (Lipinski definition) is 12. The van der Waals surface area contributed by atoms with Gasteiger partial charge in [0.2, 0.25) is 0 Å². The molecule has 2 heterocycles. The SMILES string of the molecule is CC(=O)OC[C@H]1O[C@@H](Sc2nnc(-c3ccccc3)n2-c2ccc(Br)cc2)[C@H](OC(C)=O)[C@@H](OC(C)=O)[C@H]1OC(C)=O. The van der Waals surface area contributed by atoms with Gasteiger partial charge in [-0.15, -0.1) is 10.2 Å². The number of ether oxygens (including phenoxy) is 5. The molecule has 1 fully saturated rings. The van der Waals surface area contributed by atoms with Gasteiger partial charge >= 0.3 is 23.9 Å². The summed E-state index contributed by atoms with van der Waals surface area (Å²) in [4.78, 5) is 48.1. The lowest BCUT2D eigenvalue weighted by Gasteiger charge is -2.43. The number of thioether (sulfide) groups is 1. The Morgan fingerprint density at radius 1 is 0.810 bits per heavy atom. The fourth-order valence-corrected chi connectivity index (χ4v) is 5.73. The van der Waals surface area contributed by atoms with E-state index in [-0.39, 0.29) is 6.61 Å². The first-order chi connectivity index (χ1) is 20.0. The first-order valence-electron chi connectivity index (χ1n) is 12.8. The van der Waals surface area contributed by atoms with Crippen LogP contribution in [0.4, 0.5) is 0 Å². The summed E-state index contributed by atoms with van der Waals surface area (Å²) in [5.74, 6) is -2.17. The Bertz CT molecular complexity index is 1430. The number of benzene rings is 2. The molecule has 1 aliphatic rings. The van der Waals surface area contributed by atoms with Crippen LogP contribution in [0.3, 0.4) is 0 Å². The third kappa shape index (κ3) is 7.75. The maximum Gasteiger partial charge on any atom is 0.303 e. The van der Waals surface area contributed by atoms with Crippen molar-refractivity contribution in [2.45, 2.75) is 62.7 Å². The zero-order chi connectivity index (χ0) is 30.4. The first kappa shape index (κ1) is 31.2. The molecule has 4 rings (SSSR count). The number of halogens is 1. The van der Waals surface area contributed by atoms with Crippen LogP contribution in [0, 0.1) is 0 Å². The second kappa shape index (κ2) is 13.9. The predicted molar refractivity (Wildman–Crippen MR) is 152 cm³/mol. The molecule has 0 aliphatic carbocycles. The Hall–Kier alpha value is -3.75. The van der Waals surface area contributed by atoms with Gasteiger partial charge in [0.05, 0.1) is 0 Å². The third-order valence-electron chi connectivity index (χ3n) is 5.92. The van der Waals surface area contributed by atoms with Crippen LogP contribution in [0.1, 0.15) is 27.7 Å². The van der Waals surface area contributed by atoms with Crippen LogP contribution in [0.5, 0.6) is 0 Å². The molecular formula is C28H28BrN3O9S. The molecule has 1 aliphatic heterocycles. The molecule has 0 spiro atoms. The standard InChI is InChI=1S/C28H28BrN3O9S/c1-15(33)37-14-22-23(38-16(2)34)24(39-17(3)35)25(40-18(4)36)27(41-22)42-28-31-30-26(19-8-6-5-7-9-19)32(28)21-12-10-20(29)11-13-21/h5-13,22-25,27H,14H2,1-4H3/t22-,23+,24+,25-,27+/m1/s1. The number of esters is 4. The highest BCUT2D eigenvalue weighted by atomic mass is 79.9. The highest BCUT2D eigenvalue weighted by Gasteiger charge is 2.53. The van der Waals surface area contributed by atoms with Gasteiger partial charge in [-0.05, 0) is 36.0 Å². The number of nitrogens with zero attached hydrogens (tertiary/aromatic N) is 3. The average molecular weight is 663 g/mol. The number of carbonyl (C=O) groups is 4. The minimum atomic E-state index is -1.29. The topological polar surface area (TPSA) is 145 Å². The van der Waals surface area contributed by atoms with Crippen molar-refractivity contribution in [3.63, 3.8) is 0 Å². The molecule has 222 valence electrons. The van der Waals surface area contributed by atoms with E-state index in [4.69, 9.17) is 23.7 Å². The Morgan fingerprint density at radius 3 is 2.00 bits per heavy atom. The molecular weight excluding hydrogens is 634 g/mol. The van der Waals surface area contributed by atoms with Crippen molar-refractivity contribution in [3.05, 3.63) is 59.1 Å².